The predicted molar refractivity (Wildman–Crippen MR) is 100 cm³/mol. The topological polar surface area (TPSA) is 60.0 Å². The predicted octanol–water partition coefficient (Wildman–Crippen LogP) is 2.58. The van der Waals surface area contributed by atoms with Crippen molar-refractivity contribution in [2.75, 3.05) is 40.8 Å². The lowest BCUT2D eigenvalue weighted by molar-refractivity contribution is -0.903. The normalized spacial score (nSPS) is 42.6. The number of hydrogen-bond donors (Lipinski definition) is 0. The molecule has 2 aliphatic carbocycles. The van der Waals surface area contributed by atoms with Crippen LogP contribution in [0.5, 0.6) is 11.5 Å². The Labute approximate surface area is 164 Å². The first-order valence-corrected chi connectivity index (χ1v) is 9.99. The molecule has 6 nitrogen and oxygen atoms in total. The Morgan fingerprint density at radius 3 is 2.67 bits per heavy atom. The largest absolute Gasteiger partial charge is 0.633 e. The third-order valence-electron chi connectivity index (χ3n) is 8.00. The third-order valence-corrected chi connectivity index (χ3v) is 8.47. The van der Waals surface area contributed by atoms with Crippen LogP contribution in [0.1, 0.15) is 24.0 Å². The van der Waals surface area contributed by atoms with E-state index in [0.29, 0.717) is 37.4 Å². The van der Waals surface area contributed by atoms with Gasteiger partial charge < -0.3 is 28.8 Å². The summed E-state index contributed by atoms with van der Waals surface area (Å²) in [5.74, 6) is 0.917. The number of ether oxygens (including phenoxy) is 4. The fourth-order valence-electron chi connectivity index (χ4n) is 6.85. The van der Waals surface area contributed by atoms with Gasteiger partial charge in [-0.3, -0.25) is 0 Å². The molecule has 27 heavy (non-hydrogen) atoms. The number of alkyl halides is 1. The molecule has 2 heterocycles. The first-order chi connectivity index (χ1) is 12.9. The summed E-state index contributed by atoms with van der Waals surface area (Å²) in [6, 6.07) is 3.86. The van der Waals surface area contributed by atoms with Crippen LogP contribution in [0.3, 0.4) is 0 Å². The van der Waals surface area contributed by atoms with Crippen molar-refractivity contribution < 1.29 is 23.6 Å². The maximum absolute atomic E-state index is 13.5. The van der Waals surface area contributed by atoms with Crippen LogP contribution >= 0.6 is 11.6 Å². The van der Waals surface area contributed by atoms with Crippen LogP contribution in [-0.2, 0) is 21.3 Å². The molecule has 148 valence electrons. The average Bonchev–Trinajstić information content (AvgIpc) is 3.15. The number of likely N-dealkylation sites (tertiary alicyclic amines) is 1. The second-order valence-electron chi connectivity index (χ2n) is 8.65. The van der Waals surface area contributed by atoms with E-state index in [0.717, 1.165) is 5.75 Å². The van der Waals surface area contributed by atoms with E-state index in [2.05, 4.69) is 6.07 Å². The number of halogens is 1. The lowest BCUT2D eigenvalue weighted by atomic mass is 9.50. The summed E-state index contributed by atoms with van der Waals surface area (Å²) in [6.45, 7) is 0.531. The summed E-state index contributed by atoms with van der Waals surface area (Å²) in [4.78, 5) is 0. The van der Waals surface area contributed by atoms with Crippen LogP contribution in [0.4, 0.5) is 0 Å². The minimum atomic E-state index is -0.941. The molecule has 0 N–H and O–H groups in total. The SMILES string of the molecule is COc1ccc2c3c1O[C@H]1C(OC)(OC)C[C@@]4(CCl)[C@@H](C2)[N@@+](C)([O-])CC[C@]314. The molecule has 1 saturated heterocycles. The number of quaternary nitrogens is 1. The molecule has 4 aliphatic rings. The smallest absolute Gasteiger partial charge is 0.207 e. The van der Waals surface area contributed by atoms with E-state index in [1.807, 2.05) is 6.07 Å². The zero-order chi connectivity index (χ0) is 19.2. The van der Waals surface area contributed by atoms with E-state index >= 15 is 0 Å². The number of benzene rings is 1. The second kappa shape index (κ2) is 5.30. The van der Waals surface area contributed by atoms with E-state index in [1.54, 1.807) is 28.4 Å². The molecule has 0 radical (unpaired) electrons. The number of likely N-dealkylation sites (N-methyl/N-ethyl adjacent to an activating group) is 1. The molecule has 0 unspecified atom stereocenters. The second-order valence-corrected chi connectivity index (χ2v) is 8.92. The van der Waals surface area contributed by atoms with Crippen molar-refractivity contribution in [1.29, 1.82) is 0 Å². The quantitative estimate of drug-likeness (QED) is 0.339. The highest BCUT2D eigenvalue weighted by Gasteiger charge is 2.82. The lowest BCUT2D eigenvalue weighted by Gasteiger charge is -2.64. The molecule has 2 bridgehead atoms. The fourth-order valence-corrected chi connectivity index (χ4v) is 7.36. The molecule has 7 heteroatoms. The Hall–Kier alpha value is -1.05. The number of nitrogens with zero attached hydrogens (tertiary/aromatic N) is 1. The molecule has 1 spiro atoms. The summed E-state index contributed by atoms with van der Waals surface area (Å²) >= 11 is 6.72. The maximum Gasteiger partial charge on any atom is 0.207 e. The minimum absolute atomic E-state index is 0.158. The molecule has 0 amide bonds. The van der Waals surface area contributed by atoms with Crippen LogP contribution in [0, 0.1) is 10.6 Å². The summed E-state index contributed by atoms with van der Waals surface area (Å²) in [5, 5.41) is 13.5. The zero-order valence-corrected chi connectivity index (χ0v) is 17.0. The monoisotopic (exact) mass is 395 g/mol. The van der Waals surface area contributed by atoms with Crippen molar-refractivity contribution >= 4 is 11.6 Å². The molecule has 1 saturated carbocycles. The highest BCUT2D eigenvalue weighted by atomic mass is 35.5. The van der Waals surface area contributed by atoms with Crippen molar-refractivity contribution in [3.8, 4) is 11.5 Å². The first-order valence-electron chi connectivity index (χ1n) is 9.45. The van der Waals surface area contributed by atoms with Crippen LogP contribution in [0.2, 0.25) is 0 Å². The van der Waals surface area contributed by atoms with Crippen molar-refractivity contribution in [2.24, 2.45) is 5.41 Å². The first kappa shape index (κ1) is 18.0. The average molecular weight is 396 g/mol. The van der Waals surface area contributed by atoms with Gasteiger partial charge in [-0.15, -0.1) is 11.6 Å². The summed E-state index contributed by atoms with van der Waals surface area (Å²) < 4.78 is 23.8. The number of piperidine rings is 1. The fraction of sp³-hybridized carbons (Fsp3) is 0.700. The molecule has 2 fully saturated rings. The van der Waals surface area contributed by atoms with Gasteiger partial charge in [0, 0.05) is 44.9 Å². The van der Waals surface area contributed by atoms with Gasteiger partial charge in [-0.25, -0.2) is 0 Å². The van der Waals surface area contributed by atoms with Crippen LogP contribution in [0.15, 0.2) is 12.1 Å². The third kappa shape index (κ3) is 1.74. The maximum atomic E-state index is 13.5. The van der Waals surface area contributed by atoms with Gasteiger partial charge in [-0.1, -0.05) is 6.07 Å². The molecule has 5 rings (SSSR count). The van der Waals surface area contributed by atoms with Gasteiger partial charge in [0.25, 0.3) is 0 Å². The molecule has 1 aromatic carbocycles. The Kier molecular flexibility index (Phi) is 3.54. The molecule has 1 aromatic rings. The zero-order valence-electron chi connectivity index (χ0n) is 16.2. The van der Waals surface area contributed by atoms with E-state index in [1.165, 1.54) is 11.1 Å². The van der Waals surface area contributed by atoms with Gasteiger partial charge in [0.05, 0.1) is 31.5 Å². The number of rotatable bonds is 4. The van der Waals surface area contributed by atoms with Crippen LogP contribution < -0.4 is 9.47 Å². The van der Waals surface area contributed by atoms with Crippen LogP contribution in [-0.4, -0.2) is 63.4 Å². The lowest BCUT2D eigenvalue weighted by Crippen LogP contribution is -2.71. The summed E-state index contributed by atoms with van der Waals surface area (Å²) in [5.41, 5.74) is 1.48. The Bertz CT molecular complexity index is 810. The van der Waals surface area contributed by atoms with Gasteiger partial charge in [-0.05, 0) is 11.6 Å². The number of hydrogen-bond acceptors (Lipinski definition) is 5. The van der Waals surface area contributed by atoms with Gasteiger partial charge in [0.2, 0.25) is 5.79 Å². The highest BCUT2D eigenvalue weighted by Crippen LogP contribution is 2.74. The van der Waals surface area contributed by atoms with Crippen LogP contribution in [0.25, 0.3) is 0 Å². The number of methoxy groups -OCH3 is 3. The van der Waals surface area contributed by atoms with E-state index < -0.39 is 16.6 Å². The Balaban J connectivity index is 1.87. The number of hydroxylamine groups is 3. The molecular weight excluding hydrogens is 370 g/mol. The van der Waals surface area contributed by atoms with Gasteiger partial charge in [-0.2, -0.15) is 0 Å². The summed E-state index contributed by atoms with van der Waals surface area (Å²) in [6.07, 6.45) is 1.58. The van der Waals surface area contributed by atoms with Gasteiger partial charge in [0.15, 0.2) is 17.6 Å². The van der Waals surface area contributed by atoms with E-state index in [-0.39, 0.29) is 16.8 Å². The standard InChI is InChI=1S/C20H26ClNO5/c1-22(23)8-7-19-15-12-5-6-13(24-2)16(15)27-17(19)20(25-3,26-4)10-18(19,11-21)14(22)9-12/h5-6,14,17H,7-11H2,1-4H3/t14-,17-,18-,19+,22+/m1/s1. The van der Waals surface area contributed by atoms with Gasteiger partial charge in [0.1, 0.15) is 6.04 Å². The molecular formula is C20H26ClNO5. The highest BCUT2D eigenvalue weighted by molar-refractivity contribution is 6.18. The van der Waals surface area contributed by atoms with E-state index in [9.17, 15) is 5.21 Å². The molecule has 5 atom stereocenters. The van der Waals surface area contributed by atoms with Gasteiger partial charge >= 0.3 is 0 Å². The van der Waals surface area contributed by atoms with Crippen molar-refractivity contribution in [3.63, 3.8) is 0 Å². The molecule has 0 aromatic heterocycles. The Morgan fingerprint density at radius 1 is 1.30 bits per heavy atom. The van der Waals surface area contributed by atoms with Crippen molar-refractivity contribution in [3.05, 3.63) is 28.5 Å². The molecule has 2 aliphatic heterocycles. The Morgan fingerprint density at radius 2 is 2.04 bits per heavy atom. The van der Waals surface area contributed by atoms with E-state index in [4.69, 9.17) is 30.5 Å². The van der Waals surface area contributed by atoms with Crippen molar-refractivity contribution in [1.82, 2.24) is 0 Å². The minimum Gasteiger partial charge on any atom is -0.633 e. The van der Waals surface area contributed by atoms with Crippen molar-refractivity contribution in [2.45, 2.75) is 42.6 Å². The summed E-state index contributed by atoms with van der Waals surface area (Å²) in [7, 11) is 6.74.